The van der Waals surface area contributed by atoms with Gasteiger partial charge < -0.3 is 19.5 Å². The molecule has 1 unspecified atom stereocenters. The van der Waals surface area contributed by atoms with Gasteiger partial charge in [-0.1, -0.05) is 6.08 Å². The van der Waals surface area contributed by atoms with Gasteiger partial charge in [0.15, 0.2) is 5.82 Å². The number of benzene rings is 1. The van der Waals surface area contributed by atoms with Crippen LogP contribution < -0.4 is 16.7 Å². The van der Waals surface area contributed by atoms with Crippen molar-refractivity contribution in [1.82, 2.24) is 20.3 Å². The Labute approximate surface area is 203 Å². The first-order valence-corrected chi connectivity index (χ1v) is 10.4. The lowest BCUT2D eigenvalue weighted by Gasteiger charge is -2.18. The quantitative estimate of drug-likeness (QED) is 0.354. The molecule has 0 aliphatic heterocycles. The van der Waals surface area contributed by atoms with Gasteiger partial charge in [0, 0.05) is 0 Å². The molecular formula is C22H22N6O8. The van der Waals surface area contributed by atoms with E-state index in [0.717, 1.165) is 7.11 Å². The number of rotatable bonds is 8. The highest BCUT2D eigenvalue weighted by atomic mass is 16.5. The maximum atomic E-state index is 13.2. The molecule has 1 aliphatic rings. The van der Waals surface area contributed by atoms with Gasteiger partial charge in [0.05, 0.1) is 38.2 Å². The molecule has 188 valence electrons. The number of esters is 2. The van der Waals surface area contributed by atoms with Gasteiger partial charge in [0.25, 0.3) is 5.91 Å². The summed E-state index contributed by atoms with van der Waals surface area (Å²) >= 11 is 0. The van der Waals surface area contributed by atoms with E-state index >= 15 is 0 Å². The van der Waals surface area contributed by atoms with E-state index in [0.29, 0.717) is 24.3 Å². The number of amides is 1. The molecule has 2 aromatic rings. The van der Waals surface area contributed by atoms with E-state index < -0.39 is 41.1 Å². The third-order valence-corrected chi connectivity index (χ3v) is 4.92. The van der Waals surface area contributed by atoms with Gasteiger partial charge in [-0.2, -0.15) is 15.2 Å². The van der Waals surface area contributed by atoms with Gasteiger partial charge >= 0.3 is 23.3 Å². The fourth-order valence-corrected chi connectivity index (χ4v) is 3.21. The first kappa shape index (κ1) is 25.7. The van der Waals surface area contributed by atoms with Crippen molar-refractivity contribution in [3.63, 3.8) is 0 Å². The number of nitrogens with one attached hydrogen (secondary N) is 3. The molecule has 1 aromatic heterocycles. The predicted octanol–water partition coefficient (Wildman–Crippen LogP) is 1.18. The minimum Gasteiger partial charge on any atom is -0.495 e. The van der Waals surface area contributed by atoms with E-state index in [1.807, 2.05) is 11.1 Å². The molecule has 14 heteroatoms. The Balaban J connectivity index is 2.09. The smallest absolute Gasteiger partial charge is 0.350 e. The highest BCUT2D eigenvalue weighted by Crippen LogP contribution is 2.26. The zero-order valence-corrected chi connectivity index (χ0v) is 19.5. The minimum absolute atomic E-state index is 0.0478. The fourth-order valence-electron chi connectivity index (χ4n) is 3.21. The van der Waals surface area contributed by atoms with Crippen LogP contribution in [0.25, 0.3) is 0 Å². The third-order valence-electron chi connectivity index (χ3n) is 4.92. The number of methoxy groups -OCH3 is 3. The molecule has 0 saturated carbocycles. The van der Waals surface area contributed by atoms with E-state index in [4.69, 9.17) is 9.47 Å². The molecule has 14 nitrogen and oxygen atoms in total. The first-order chi connectivity index (χ1) is 17.3. The number of hydrogen-bond donors (Lipinski definition) is 3. The van der Waals surface area contributed by atoms with Crippen molar-refractivity contribution in [2.24, 2.45) is 10.2 Å². The second kappa shape index (κ2) is 11.5. The van der Waals surface area contributed by atoms with Gasteiger partial charge in [-0.15, -0.1) is 0 Å². The average Bonchev–Trinajstić information content (AvgIpc) is 2.87. The van der Waals surface area contributed by atoms with Gasteiger partial charge in [-0.05, 0) is 37.1 Å². The van der Waals surface area contributed by atoms with Crippen molar-refractivity contribution in [1.29, 1.82) is 0 Å². The standard InChI is InChI=1S/C22H22N6O8/c1-34-15-7-5-4-6-13(15)23-18(29)16(17-24-21(32)26-22(33)25-17)28-27-14-10-11(19(30)35-2)8-9-12(14)20(31)36-3/h5,7-10,16H,4,6H2,1-3H3,(H,23,29)(H2,24,25,26,32,33). The van der Waals surface area contributed by atoms with Gasteiger partial charge in [0.2, 0.25) is 6.04 Å². The van der Waals surface area contributed by atoms with Crippen LogP contribution in [0.2, 0.25) is 0 Å². The second-order valence-electron chi connectivity index (χ2n) is 7.19. The van der Waals surface area contributed by atoms with Crippen LogP contribution >= 0.6 is 0 Å². The number of carbonyl (C=O) groups is 3. The number of carbonyl (C=O) groups excluding carboxylic acids is 3. The number of ether oxygens (including phenoxy) is 3. The summed E-state index contributed by atoms with van der Waals surface area (Å²) in [6.07, 6.45) is 4.63. The highest BCUT2D eigenvalue weighted by molar-refractivity contribution is 5.98. The molecule has 0 fully saturated rings. The topological polar surface area (TPSA) is 194 Å². The van der Waals surface area contributed by atoms with Crippen LogP contribution in [0.15, 0.2) is 61.6 Å². The normalized spacial score (nSPS) is 13.9. The van der Waals surface area contributed by atoms with E-state index in [-0.39, 0.29) is 16.8 Å². The van der Waals surface area contributed by atoms with E-state index in [1.165, 1.54) is 32.4 Å². The lowest BCUT2D eigenvalue weighted by Crippen LogP contribution is -2.34. The van der Waals surface area contributed by atoms with Crippen LogP contribution in [0.5, 0.6) is 0 Å². The molecule has 1 heterocycles. The Morgan fingerprint density at radius 3 is 2.50 bits per heavy atom. The number of aromatic amines is 2. The molecule has 3 N–H and O–H groups in total. The first-order valence-electron chi connectivity index (χ1n) is 10.4. The molecule has 0 saturated heterocycles. The van der Waals surface area contributed by atoms with Crippen molar-refractivity contribution < 1.29 is 28.6 Å². The number of H-pyrrole nitrogens is 2. The van der Waals surface area contributed by atoms with E-state index in [2.05, 4.69) is 30.3 Å². The summed E-state index contributed by atoms with van der Waals surface area (Å²) in [5, 5.41) is 10.6. The van der Waals surface area contributed by atoms with Crippen molar-refractivity contribution in [2.75, 3.05) is 21.3 Å². The monoisotopic (exact) mass is 498 g/mol. The molecule has 1 atom stereocenters. The Kier molecular flexibility index (Phi) is 8.22. The number of aromatic nitrogens is 3. The molecule has 36 heavy (non-hydrogen) atoms. The zero-order valence-electron chi connectivity index (χ0n) is 19.5. The zero-order chi connectivity index (χ0) is 26.2. The summed E-state index contributed by atoms with van der Waals surface area (Å²) in [5.41, 5.74) is -1.64. The summed E-state index contributed by atoms with van der Waals surface area (Å²) in [4.78, 5) is 68.8. The molecule has 1 aromatic carbocycles. The van der Waals surface area contributed by atoms with Crippen molar-refractivity contribution >= 4 is 23.5 Å². The van der Waals surface area contributed by atoms with Crippen molar-refractivity contribution in [2.45, 2.75) is 18.9 Å². The van der Waals surface area contributed by atoms with Gasteiger partial charge in [-0.25, -0.2) is 19.2 Å². The summed E-state index contributed by atoms with van der Waals surface area (Å²) in [6.45, 7) is 0. The van der Waals surface area contributed by atoms with Gasteiger partial charge in [-0.3, -0.25) is 14.8 Å². The Bertz CT molecular complexity index is 1360. The Morgan fingerprint density at radius 2 is 1.83 bits per heavy atom. The predicted molar refractivity (Wildman–Crippen MR) is 122 cm³/mol. The Morgan fingerprint density at radius 1 is 1.08 bits per heavy atom. The maximum absolute atomic E-state index is 13.2. The molecular weight excluding hydrogens is 476 g/mol. The molecule has 1 aliphatic carbocycles. The number of allylic oxidation sites excluding steroid dienone is 3. The van der Waals surface area contributed by atoms with Crippen LogP contribution in [0, 0.1) is 0 Å². The van der Waals surface area contributed by atoms with Crippen molar-refractivity contribution in [3.05, 3.63) is 79.7 Å². The summed E-state index contributed by atoms with van der Waals surface area (Å²) in [6, 6.07) is 2.19. The average molecular weight is 498 g/mol. The van der Waals surface area contributed by atoms with E-state index in [9.17, 15) is 24.0 Å². The van der Waals surface area contributed by atoms with Crippen LogP contribution in [-0.2, 0) is 19.0 Å². The highest BCUT2D eigenvalue weighted by Gasteiger charge is 2.26. The van der Waals surface area contributed by atoms with Crippen LogP contribution in [0.3, 0.4) is 0 Å². The lowest BCUT2D eigenvalue weighted by atomic mass is 10.1. The summed E-state index contributed by atoms with van der Waals surface area (Å²) < 4.78 is 14.7. The minimum atomic E-state index is -1.62. The molecule has 0 bridgehead atoms. The summed E-state index contributed by atoms with van der Waals surface area (Å²) in [5.74, 6) is -2.28. The van der Waals surface area contributed by atoms with Crippen LogP contribution in [0.4, 0.5) is 5.69 Å². The van der Waals surface area contributed by atoms with Gasteiger partial charge in [0.1, 0.15) is 11.4 Å². The van der Waals surface area contributed by atoms with Crippen molar-refractivity contribution in [3.8, 4) is 0 Å². The largest absolute Gasteiger partial charge is 0.495 e. The number of nitrogens with zero attached hydrogens (tertiary/aromatic N) is 3. The maximum Gasteiger partial charge on any atom is 0.350 e. The molecule has 1 amide bonds. The molecule has 3 rings (SSSR count). The Hall–Kier alpha value is -4.88. The molecule has 0 spiro atoms. The SMILES string of the molecule is COC(=O)c1ccc(C(=O)OC)c(N=NC(C(=O)NC2=C(OC)C=CCC2)c2nc(=O)[nH]c(=O)[nH]2)c1. The fraction of sp³-hybridized carbons (Fsp3) is 0.273. The molecule has 0 radical (unpaired) electrons. The number of hydrogen-bond acceptors (Lipinski definition) is 11. The third kappa shape index (κ3) is 5.97. The number of azo groups is 1. The second-order valence-corrected chi connectivity index (χ2v) is 7.19. The lowest BCUT2D eigenvalue weighted by molar-refractivity contribution is -0.122. The van der Waals surface area contributed by atoms with E-state index in [1.54, 1.807) is 6.08 Å². The summed E-state index contributed by atoms with van der Waals surface area (Å²) in [7, 11) is 3.77. The van der Waals surface area contributed by atoms with Crippen LogP contribution in [-0.4, -0.2) is 54.1 Å². The van der Waals surface area contributed by atoms with Crippen LogP contribution in [0.1, 0.15) is 45.4 Å².